The number of esters is 1. The number of hydrogen-bond donors (Lipinski definition) is 4. The van der Waals surface area contributed by atoms with Crippen LogP contribution in [0.15, 0.2) is 54.9 Å². The first-order valence-corrected chi connectivity index (χ1v) is 22.6. The lowest BCUT2D eigenvalue weighted by Crippen LogP contribution is -2.62. The molecule has 5 atom stereocenters. The third kappa shape index (κ3) is 10.2. The molecule has 5 heterocycles. The largest absolute Gasteiger partial charge is 0.508 e. The zero-order valence-electron chi connectivity index (χ0n) is 39.1. The molecule has 2 aromatic heterocycles. The quantitative estimate of drug-likeness (QED) is 0.125. The Labute approximate surface area is 381 Å². The molecule has 0 saturated carbocycles. The lowest BCUT2D eigenvalue weighted by Gasteiger charge is -2.37. The van der Waals surface area contributed by atoms with Crippen LogP contribution in [0.2, 0.25) is 0 Å². The van der Waals surface area contributed by atoms with E-state index in [2.05, 4.69) is 58.5 Å². The number of likely N-dealkylation sites (N-methyl/N-ethyl adjacent to an activating group) is 2. The highest BCUT2D eigenvalue weighted by Crippen LogP contribution is 2.41. The summed E-state index contributed by atoms with van der Waals surface area (Å²) in [7, 11) is 4.75. The second-order valence-corrected chi connectivity index (χ2v) is 19.0. The van der Waals surface area contributed by atoms with Crippen LogP contribution in [0.1, 0.15) is 71.1 Å². The number of hydrazine groups is 1. The molecule has 3 aliphatic heterocycles. The lowest BCUT2D eigenvalue weighted by atomic mass is 9.84. The molecule has 4 aromatic rings. The summed E-state index contributed by atoms with van der Waals surface area (Å²) in [4.78, 5) is 76.6. The molecule has 16 heteroatoms. The van der Waals surface area contributed by atoms with Crippen molar-refractivity contribution < 1.29 is 38.6 Å². The average Bonchev–Trinajstić information content (AvgIpc) is 3.93. The van der Waals surface area contributed by atoms with Gasteiger partial charge in [0.15, 0.2) is 0 Å². The van der Waals surface area contributed by atoms with Crippen molar-refractivity contribution in [1.82, 2.24) is 40.4 Å². The van der Waals surface area contributed by atoms with Crippen LogP contribution < -0.4 is 16.1 Å². The number of phenols is 1. The summed E-state index contributed by atoms with van der Waals surface area (Å²) in [5.41, 5.74) is 9.68. The van der Waals surface area contributed by atoms with E-state index in [-0.39, 0.29) is 55.8 Å². The van der Waals surface area contributed by atoms with Gasteiger partial charge in [0.05, 0.1) is 25.5 Å². The van der Waals surface area contributed by atoms with Crippen LogP contribution in [0.5, 0.6) is 5.75 Å². The van der Waals surface area contributed by atoms with Gasteiger partial charge >= 0.3 is 5.97 Å². The van der Waals surface area contributed by atoms with E-state index in [1.54, 1.807) is 32.5 Å². The summed E-state index contributed by atoms with van der Waals surface area (Å²) < 4.78 is 14.0. The predicted molar refractivity (Wildman–Crippen MR) is 246 cm³/mol. The first-order valence-electron chi connectivity index (χ1n) is 22.6. The molecule has 0 aliphatic carbocycles. The van der Waals surface area contributed by atoms with E-state index in [4.69, 9.17) is 9.47 Å². The maximum Gasteiger partial charge on any atom is 0.324 e. The minimum absolute atomic E-state index is 0.0176. The zero-order chi connectivity index (χ0) is 46.9. The molecule has 0 radical (unpaired) electrons. The number of ether oxygens (including phenoxy) is 2. The number of amides is 4. The van der Waals surface area contributed by atoms with Gasteiger partial charge in [-0.1, -0.05) is 39.8 Å². The van der Waals surface area contributed by atoms with Crippen molar-refractivity contribution in [3.05, 3.63) is 71.5 Å². The molecule has 3 aliphatic rings. The number of phenolic OH excluding ortho intramolecular Hbond substituents is 1. The van der Waals surface area contributed by atoms with Crippen LogP contribution in [0, 0.1) is 11.3 Å². The molecule has 2 saturated heterocycles. The molecule has 4 N–H and O–H groups in total. The highest BCUT2D eigenvalue weighted by Gasteiger charge is 2.42. The SMILES string of the molecule is CCn1c(-c2cnccc2COC)c2c3cc(ccc31)-c1cc(O)cc(c1)C[C@H](NC(=O)C(C(C)C)N(C)C(=O)CN(C)C(=O)[C@@H]1N[C@@H]1C)C(=O)N1CCC[C@H](N1)C(=O)OCC(C)(C)C2. The van der Waals surface area contributed by atoms with Gasteiger partial charge in [-0.15, -0.1) is 0 Å². The van der Waals surface area contributed by atoms with Crippen molar-refractivity contribution in [1.29, 1.82) is 0 Å². The van der Waals surface area contributed by atoms with Gasteiger partial charge < -0.3 is 34.3 Å². The number of nitrogens with one attached hydrogen (secondary N) is 3. The van der Waals surface area contributed by atoms with Crippen molar-refractivity contribution in [3.8, 4) is 28.1 Å². The van der Waals surface area contributed by atoms with Crippen molar-refractivity contribution in [2.24, 2.45) is 11.3 Å². The van der Waals surface area contributed by atoms with Crippen LogP contribution in [0.3, 0.4) is 0 Å². The van der Waals surface area contributed by atoms with Crippen molar-refractivity contribution in [2.45, 2.75) is 111 Å². The highest BCUT2D eigenvalue weighted by molar-refractivity contribution is 5.96. The smallest absolute Gasteiger partial charge is 0.324 e. The summed E-state index contributed by atoms with van der Waals surface area (Å²) in [5, 5.41) is 19.7. The normalized spacial score (nSPS) is 21.4. The molecule has 2 aromatic carbocycles. The van der Waals surface area contributed by atoms with Gasteiger partial charge in [0, 0.05) is 81.0 Å². The first-order chi connectivity index (χ1) is 30.9. The fourth-order valence-corrected chi connectivity index (χ4v) is 9.41. The Morgan fingerprint density at radius 2 is 1.85 bits per heavy atom. The molecule has 7 rings (SSSR count). The second-order valence-electron chi connectivity index (χ2n) is 19.0. The summed E-state index contributed by atoms with van der Waals surface area (Å²) in [6.45, 7) is 13.0. The van der Waals surface area contributed by atoms with Crippen molar-refractivity contribution in [3.63, 3.8) is 0 Å². The summed E-state index contributed by atoms with van der Waals surface area (Å²) >= 11 is 0. The maximum absolute atomic E-state index is 14.7. The number of hydrogen-bond acceptors (Lipinski definition) is 11. The van der Waals surface area contributed by atoms with E-state index in [0.29, 0.717) is 43.5 Å². The summed E-state index contributed by atoms with van der Waals surface area (Å²) in [6, 6.07) is 10.1. The van der Waals surface area contributed by atoms with Gasteiger partial charge in [-0.2, -0.15) is 0 Å². The van der Waals surface area contributed by atoms with E-state index in [9.17, 15) is 29.1 Å². The van der Waals surface area contributed by atoms with Crippen LogP contribution in [0.25, 0.3) is 33.3 Å². The molecule has 4 amide bonds. The first kappa shape index (κ1) is 47.1. The minimum Gasteiger partial charge on any atom is -0.508 e. The Bertz CT molecular complexity index is 2470. The Morgan fingerprint density at radius 1 is 1.09 bits per heavy atom. The zero-order valence-corrected chi connectivity index (χ0v) is 39.1. The molecule has 348 valence electrons. The van der Waals surface area contributed by atoms with E-state index < -0.39 is 47.2 Å². The van der Waals surface area contributed by atoms with Crippen LogP contribution in [-0.4, -0.2) is 130 Å². The monoisotopic (exact) mass is 892 g/mol. The van der Waals surface area contributed by atoms with Gasteiger partial charge in [0.2, 0.25) is 17.7 Å². The van der Waals surface area contributed by atoms with Crippen LogP contribution in [0.4, 0.5) is 0 Å². The number of pyridine rings is 1. The number of methoxy groups -OCH3 is 1. The number of rotatable bonds is 11. The van der Waals surface area contributed by atoms with Gasteiger partial charge in [-0.25, -0.2) is 5.43 Å². The van der Waals surface area contributed by atoms with Crippen LogP contribution >= 0.6 is 0 Å². The van der Waals surface area contributed by atoms with Crippen molar-refractivity contribution >= 4 is 40.5 Å². The Kier molecular flexibility index (Phi) is 14.0. The molecule has 1 unspecified atom stereocenters. The second kappa shape index (κ2) is 19.3. The summed E-state index contributed by atoms with van der Waals surface area (Å²) in [5.74, 6) is -2.57. The molecule has 2 fully saturated rings. The number of aromatic hydroxyl groups is 1. The fourth-order valence-electron chi connectivity index (χ4n) is 9.41. The van der Waals surface area contributed by atoms with Crippen molar-refractivity contribution in [2.75, 3.05) is 40.9 Å². The van der Waals surface area contributed by atoms with E-state index >= 15 is 0 Å². The third-order valence-electron chi connectivity index (χ3n) is 12.9. The molecule has 16 nitrogen and oxygen atoms in total. The van der Waals surface area contributed by atoms with Gasteiger partial charge in [0.25, 0.3) is 5.91 Å². The number of aryl methyl sites for hydroxylation is 1. The number of cyclic esters (lactones) is 1. The molecule has 0 spiro atoms. The van der Waals surface area contributed by atoms with Gasteiger partial charge in [-0.05, 0) is 97.2 Å². The Hall–Kier alpha value is -5.84. The van der Waals surface area contributed by atoms with E-state index in [0.717, 1.165) is 38.9 Å². The Morgan fingerprint density at radius 3 is 2.54 bits per heavy atom. The number of carbonyl (C=O) groups excluding carboxylic acids is 5. The lowest BCUT2D eigenvalue weighted by molar-refractivity contribution is -0.155. The minimum atomic E-state index is -1.18. The van der Waals surface area contributed by atoms with Gasteiger partial charge in [-0.3, -0.25) is 39.3 Å². The highest BCUT2D eigenvalue weighted by atomic mass is 16.5. The number of benzene rings is 2. The molecule has 6 bridgehead atoms. The fraction of sp³-hybridized carbons (Fsp3) is 0.510. The topological polar surface area (TPSA) is 198 Å². The number of nitrogens with zero attached hydrogens (tertiary/aromatic N) is 5. The standard InChI is InChI=1S/C49H64N8O8/c1-10-56-40-14-13-31-22-35(40)36(44(56)37-24-50-16-15-32(37)26-64-9)23-49(5,6)27-65-48(63)38-12-11-17-57(53-38)46(61)39(20-30-18-33(31)21-34(58)19-30)52-45(60)43(28(2)3)55(8)41(59)25-54(7)47(62)42-29(4)51-42/h13-16,18-19,21-22,24,28-29,38-39,42-43,51,53,58H,10-12,17,20,23,25-27H2,1-9H3,(H,52,60)/t29-,38+,39+,42-,43?/m1/s1. The van der Waals surface area contributed by atoms with Crippen LogP contribution in [-0.2, 0) is 59.4 Å². The third-order valence-corrected chi connectivity index (χ3v) is 12.9. The number of fused-ring (bicyclic) bond motifs is 6. The molecular weight excluding hydrogens is 829 g/mol. The molecule has 65 heavy (non-hydrogen) atoms. The predicted octanol–water partition coefficient (Wildman–Crippen LogP) is 4.19. The average molecular weight is 893 g/mol. The van der Waals surface area contributed by atoms with E-state index in [1.807, 2.05) is 45.2 Å². The van der Waals surface area contributed by atoms with E-state index in [1.165, 1.54) is 21.9 Å². The maximum atomic E-state index is 14.7. The summed E-state index contributed by atoms with van der Waals surface area (Å²) in [6.07, 6.45) is 5.10. The molecular formula is C49H64N8O8. The number of carbonyl (C=O) groups is 5. The van der Waals surface area contributed by atoms with Gasteiger partial charge in [0.1, 0.15) is 29.9 Å². The number of aromatic nitrogens is 2. The Balaban J connectivity index is 1.29.